The molecule has 3 unspecified atom stereocenters. The molecule has 3 atom stereocenters. The van der Waals surface area contributed by atoms with Crippen LogP contribution in [0.15, 0.2) is 0 Å². The minimum Gasteiger partial charge on any atom is -0.314 e. The Labute approximate surface area is 102 Å². The van der Waals surface area contributed by atoms with E-state index in [0.29, 0.717) is 6.04 Å². The Hall–Kier alpha value is -0.0400. The minimum atomic E-state index is 0.645. The van der Waals surface area contributed by atoms with Crippen LogP contribution in [0.2, 0.25) is 0 Å². The van der Waals surface area contributed by atoms with Crippen LogP contribution in [0.1, 0.15) is 66.2 Å². The van der Waals surface area contributed by atoms with E-state index in [2.05, 4.69) is 33.0 Å². The second-order valence-electron chi connectivity index (χ2n) is 6.12. The zero-order valence-electron chi connectivity index (χ0n) is 11.8. The van der Waals surface area contributed by atoms with Crippen molar-refractivity contribution < 1.29 is 0 Å². The summed E-state index contributed by atoms with van der Waals surface area (Å²) < 4.78 is 0. The summed E-state index contributed by atoms with van der Waals surface area (Å²) in [5, 5.41) is 3.64. The molecule has 1 N–H and O–H groups in total. The molecular formula is C15H31N. The molecule has 0 aromatic carbocycles. The maximum absolute atomic E-state index is 3.64. The predicted octanol–water partition coefficient (Wildman–Crippen LogP) is 4.23. The SMILES string of the molecule is CCC(C)CC1CCCCC1CNC(C)C. The van der Waals surface area contributed by atoms with Crippen LogP contribution in [-0.4, -0.2) is 12.6 Å². The Morgan fingerprint density at radius 1 is 1.06 bits per heavy atom. The third kappa shape index (κ3) is 4.86. The van der Waals surface area contributed by atoms with Gasteiger partial charge in [-0.3, -0.25) is 0 Å². The van der Waals surface area contributed by atoms with Crippen LogP contribution >= 0.6 is 0 Å². The third-order valence-electron chi connectivity index (χ3n) is 4.26. The first kappa shape index (κ1) is 14.0. The van der Waals surface area contributed by atoms with Gasteiger partial charge in [-0.25, -0.2) is 0 Å². The van der Waals surface area contributed by atoms with Gasteiger partial charge in [0.05, 0.1) is 0 Å². The molecule has 0 radical (unpaired) electrons. The fraction of sp³-hybridized carbons (Fsp3) is 1.00. The Bertz CT molecular complexity index is 176. The van der Waals surface area contributed by atoms with Crippen LogP contribution in [0.5, 0.6) is 0 Å². The van der Waals surface area contributed by atoms with Crippen molar-refractivity contribution in [3.8, 4) is 0 Å². The molecule has 1 aliphatic carbocycles. The number of hydrogen-bond acceptors (Lipinski definition) is 1. The van der Waals surface area contributed by atoms with E-state index in [4.69, 9.17) is 0 Å². The summed E-state index contributed by atoms with van der Waals surface area (Å²) in [6, 6.07) is 0.645. The molecule has 0 heterocycles. The van der Waals surface area contributed by atoms with Crippen molar-refractivity contribution in [2.24, 2.45) is 17.8 Å². The highest BCUT2D eigenvalue weighted by molar-refractivity contribution is 4.78. The van der Waals surface area contributed by atoms with Crippen LogP contribution in [0.4, 0.5) is 0 Å². The van der Waals surface area contributed by atoms with Gasteiger partial charge in [0.1, 0.15) is 0 Å². The summed E-state index contributed by atoms with van der Waals surface area (Å²) in [5.41, 5.74) is 0. The van der Waals surface area contributed by atoms with E-state index in [-0.39, 0.29) is 0 Å². The van der Waals surface area contributed by atoms with Crippen molar-refractivity contribution in [3.63, 3.8) is 0 Å². The third-order valence-corrected chi connectivity index (χ3v) is 4.26. The topological polar surface area (TPSA) is 12.0 Å². The predicted molar refractivity (Wildman–Crippen MR) is 72.7 cm³/mol. The lowest BCUT2D eigenvalue weighted by molar-refractivity contribution is 0.191. The molecule has 0 bridgehead atoms. The van der Waals surface area contributed by atoms with Gasteiger partial charge in [0.15, 0.2) is 0 Å². The van der Waals surface area contributed by atoms with Crippen molar-refractivity contribution in [3.05, 3.63) is 0 Å². The van der Waals surface area contributed by atoms with Gasteiger partial charge in [0.25, 0.3) is 0 Å². The molecule has 0 amide bonds. The van der Waals surface area contributed by atoms with E-state index in [9.17, 15) is 0 Å². The number of hydrogen-bond donors (Lipinski definition) is 1. The van der Waals surface area contributed by atoms with Crippen molar-refractivity contribution in [1.29, 1.82) is 0 Å². The van der Waals surface area contributed by atoms with Gasteiger partial charge >= 0.3 is 0 Å². The van der Waals surface area contributed by atoms with Crippen LogP contribution in [-0.2, 0) is 0 Å². The van der Waals surface area contributed by atoms with Crippen molar-refractivity contribution in [1.82, 2.24) is 5.32 Å². The smallest absolute Gasteiger partial charge is 0.00104 e. The standard InChI is InChI=1S/C15H31N/c1-5-13(4)10-14-8-6-7-9-15(14)11-16-12(2)3/h12-16H,5-11H2,1-4H3. The first-order chi connectivity index (χ1) is 7.63. The average Bonchev–Trinajstić information content (AvgIpc) is 2.27. The van der Waals surface area contributed by atoms with Gasteiger partial charge in [-0.1, -0.05) is 53.4 Å². The van der Waals surface area contributed by atoms with E-state index < -0.39 is 0 Å². The summed E-state index contributed by atoms with van der Waals surface area (Å²) >= 11 is 0. The van der Waals surface area contributed by atoms with Gasteiger partial charge in [-0.2, -0.15) is 0 Å². The van der Waals surface area contributed by atoms with Gasteiger partial charge in [-0.15, -0.1) is 0 Å². The van der Waals surface area contributed by atoms with Gasteiger partial charge in [-0.05, 0) is 37.1 Å². The first-order valence-electron chi connectivity index (χ1n) is 7.36. The lowest BCUT2D eigenvalue weighted by Crippen LogP contribution is -2.34. The maximum atomic E-state index is 3.64. The van der Waals surface area contributed by atoms with Gasteiger partial charge < -0.3 is 5.32 Å². The molecule has 96 valence electrons. The average molecular weight is 225 g/mol. The van der Waals surface area contributed by atoms with E-state index in [1.54, 1.807) is 0 Å². The molecule has 1 rings (SSSR count). The summed E-state index contributed by atoms with van der Waals surface area (Å²) in [4.78, 5) is 0. The fourth-order valence-electron chi connectivity index (χ4n) is 2.93. The second kappa shape index (κ2) is 7.32. The number of rotatable bonds is 6. The molecule has 0 aliphatic heterocycles. The lowest BCUT2D eigenvalue weighted by atomic mass is 9.74. The van der Waals surface area contributed by atoms with Gasteiger partial charge in [0, 0.05) is 6.04 Å². The van der Waals surface area contributed by atoms with Gasteiger partial charge in [0.2, 0.25) is 0 Å². The Morgan fingerprint density at radius 3 is 2.25 bits per heavy atom. The zero-order chi connectivity index (χ0) is 12.0. The molecule has 1 fully saturated rings. The molecule has 1 nitrogen and oxygen atoms in total. The van der Waals surface area contributed by atoms with Crippen molar-refractivity contribution >= 4 is 0 Å². The van der Waals surface area contributed by atoms with Crippen LogP contribution in [0, 0.1) is 17.8 Å². The van der Waals surface area contributed by atoms with Crippen molar-refractivity contribution in [2.45, 2.75) is 72.3 Å². The highest BCUT2D eigenvalue weighted by atomic mass is 14.9. The fourth-order valence-corrected chi connectivity index (χ4v) is 2.93. The Balaban J connectivity index is 2.37. The summed E-state index contributed by atoms with van der Waals surface area (Å²) in [6.45, 7) is 10.5. The number of nitrogens with one attached hydrogen (secondary N) is 1. The van der Waals surface area contributed by atoms with E-state index in [1.165, 1.54) is 45.1 Å². The Kier molecular flexibility index (Phi) is 6.41. The molecule has 1 saturated carbocycles. The maximum Gasteiger partial charge on any atom is 0.00104 e. The van der Waals surface area contributed by atoms with E-state index in [1.807, 2.05) is 0 Å². The molecule has 0 aromatic rings. The lowest BCUT2D eigenvalue weighted by Gasteiger charge is -2.34. The highest BCUT2D eigenvalue weighted by Crippen LogP contribution is 2.34. The zero-order valence-corrected chi connectivity index (χ0v) is 11.8. The monoisotopic (exact) mass is 225 g/mol. The minimum absolute atomic E-state index is 0.645. The summed E-state index contributed by atoms with van der Waals surface area (Å²) in [7, 11) is 0. The molecule has 16 heavy (non-hydrogen) atoms. The highest BCUT2D eigenvalue weighted by Gasteiger charge is 2.25. The normalized spacial score (nSPS) is 28.3. The second-order valence-corrected chi connectivity index (χ2v) is 6.12. The Morgan fingerprint density at radius 2 is 1.69 bits per heavy atom. The molecule has 0 spiro atoms. The largest absolute Gasteiger partial charge is 0.314 e. The molecule has 0 aromatic heterocycles. The molecule has 0 saturated heterocycles. The van der Waals surface area contributed by atoms with Crippen molar-refractivity contribution in [2.75, 3.05) is 6.54 Å². The summed E-state index contributed by atoms with van der Waals surface area (Å²) in [6.07, 6.45) is 8.68. The molecule has 1 aliphatic rings. The van der Waals surface area contributed by atoms with E-state index >= 15 is 0 Å². The van der Waals surface area contributed by atoms with Crippen LogP contribution in [0.25, 0.3) is 0 Å². The summed E-state index contributed by atoms with van der Waals surface area (Å²) in [5.74, 6) is 2.87. The quantitative estimate of drug-likeness (QED) is 0.713. The first-order valence-corrected chi connectivity index (χ1v) is 7.36. The molecular weight excluding hydrogens is 194 g/mol. The van der Waals surface area contributed by atoms with Crippen LogP contribution in [0.3, 0.4) is 0 Å². The van der Waals surface area contributed by atoms with Crippen LogP contribution < -0.4 is 5.32 Å². The van der Waals surface area contributed by atoms with E-state index in [0.717, 1.165) is 17.8 Å². The molecule has 1 heteroatoms.